The van der Waals surface area contributed by atoms with Crippen LogP contribution >= 0.6 is 11.6 Å². The highest BCUT2D eigenvalue weighted by Crippen LogP contribution is 2.21. The molecule has 0 aliphatic carbocycles. The van der Waals surface area contributed by atoms with E-state index in [2.05, 4.69) is 5.10 Å². The van der Waals surface area contributed by atoms with E-state index >= 15 is 0 Å². The number of hydrogen-bond acceptors (Lipinski definition) is 6. The largest absolute Gasteiger partial charge is 0.408 e. The van der Waals surface area contributed by atoms with Gasteiger partial charge in [0, 0.05) is 7.11 Å². The SMILES string of the molecule is COCCOCC(O)Cn1cc(Cl)c([N+](=O)[O-])n1. The van der Waals surface area contributed by atoms with E-state index in [-0.39, 0.29) is 18.2 Å². The molecule has 0 aliphatic rings. The fraction of sp³-hybridized carbons (Fsp3) is 0.667. The summed E-state index contributed by atoms with van der Waals surface area (Å²) in [7, 11) is 1.55. The average Bonchev–Trinajstić information content (AvgIpc) is 2.66. The Kier molecular flexibility index (Phi) is 5.99. The van der Waals surface area contributed by atoms with Gasteiger partial charge in [0.25, 0.3) is 0 Å². The van der Waals surface area contributed by atoms with Gasteiger partial charge in [0.1, 0.15) is 0 Å². The molecule has 0 bridgehead atoms. The van der Waals surface area contributed by atoms with Crippen LogP contribution in [0.3, 0.4) is 0 Å². The van der Waals surface area contributed by atoms with Crippen LogP contribution in [0.2, 0.25) is 5.02 Å². The van der Waals surface area contributed by atoms with Gasteiger partial charge in [0.05, 0.1) is 43.8 Å². The van der Waals surface area contributed by atoms with Gasteiger partial charge in [-0.1, -0.05) is 11.6 Å². The Bertz CT molecular complexity index is 398. The number of aromatic nitrogens is 2. The lowest BCUT2D eigenvalue weighted by Gasteiger charge is -2.09. The third-order valence-electron chi connectivity index (χ3n) is 2.01. The molecule has 0 radical (unpaired) electrons. The van der Waals surface area contributed by atoms with E-state index in [0.717, 1.165) is 0 Å². The molecule has 0 aliphatic heterocycles. The Labute approximate surface area is 108 Å². The van der Waals surface area contributed by atoms with Gasteiger partial charge < -0.3 is 24.7 Å². The van der Waals surface area contributed by atoms with Crippen molar-refractivity contribution in [2.45, 2.75) is 12.6 Å². The summed E-state index contributed by atoms with van der Waals surface area (Å²) in [6.45, 7) is 0.967. The molecule has 0 amide bonds. The van der Waals surface area contributed by atoms with Crippen LogP contribution < -0.4 is 0 Å². The van der Waals surface area contributed by atoms with E-state index in [1.165, 1.54) is 10.9 Å². The van der Waals surface area contributed by atoms with Crippen LogP contribution in [-0.2, 0) is 16.0 Å². The first-order valence-corrected chi connectivity index (χ1v) is 5.54. The Morgan fingerprint density at radius 3 is 2.94 bits per heavy atom. The Hall–Kier alpha value is -1.22. The van der Waals surface area contributed by atoms with Crippen LogP contribution in [0.5, 0.6) is 0 Å². The summed E-state index contributed by atoms with van der Waals surface area (Å²) in [6.07, 6.45) is 0.468. The zero-order valence-corrected chi connectivity index (χ0v) is 10.5. The van der Waals surface area contributed by atoms with Crippen molar-refractivity contribution < 1.29 is 19.5 Å². The molecule has 0 saturated heterocycles. The van der Waals surface area contributed by atoms with E-state index in [1.54, 1.807) is 7.11 Å². The molecule has 1 rings (SSSR count). The zero-order chi connectivity index (χ0) is 13.5. The van der Waals surface area contributed by atoms with Crippen molar-refractivity contribution in [2.75, 3.05) is 26.9 Å². The second-order valence-electron chi connectivity index (χ2n) is 3.50. The lowest BCUT2D eigenvalue weighted by Crippen LogP contribution is -2.23. The van der Waals surface area contributed by atoms with Crippen molar-refractivity contribution in [3.63, 3.8) is 0 Å². The quantitative estimate of drug-likeness (QED) is 0.422. The van der Waals surface area contributed by atoms with Gasteiger partial charge in [-0.15, -0.1) is 0 Å². The molecule has 18 heavy (non-hydrogen) atoms. The highest BCUT2D eigenvalue weighted by atomic mass is 35.5. The molecule has 1 unspecified atom stereocenters. The Balaban J connectivity index is 2.42. The zero-order valence-electron chi connectivity index (χ0n) is 9.78. The van der Waals surface area contributed by atoms with Crippen LogP contribution in [-0.4, -0.2) is 52.8 Å². The van der Waals surface area contributed by atoms with Gasteiger partial charge in [-0.3, -0.25) is 0 Å². The van der Waals surface area contributed by atoms with Crippen LogP contribution in [0.4, 0.5) is 5.82 Å². The lowest BCUT2D eigenvalue weighted by atomic mass is 10.4. The lowest BCUT2D eigenvalue weighted by molar-refractivity contribution is -0.389. The smallest absolute Gasteiger partial charge is 0.389 e. The van der Waals surface area contributed by atoms with Crippen LogP contribution in [0.25, 0.3) is 0 Å². The van der Waals surface area contributed by atoms with E-state index in [4.69, 9.17) is 21.1 Å². The minimum absolute atomic E-state index is 0.0625. The van der Waals surface area contributed by atoms with Crippen LogP contribution in [0.1, 0.15) is 0 Å². The number of aliphatic hydroxyl groups is 1. The molecule has 1 N–H and O–H groups in total. The second-order valence-corrected chi connectivity index (χ2v) is 3.91. The maximum absolute atomic E-state index is 10.5. The molecule has 0 saturated carbocycles. The van der Waals surface area contributed by atoms with Crippen LogP contribution in [0.15, 0.2) is 6.20 Å². The molecular formula is C9H14ClN3O5. The van der Waals surface area contributed by atoms with Crippen molar-refractivity contribution in [2.24, 2.45) is 0 Å². The molecule has 1 aromatic rings. The number of aliphatic hydroxyl groups excluding tert-OH is 1. The van der Waals surface area contributed by atoms with E-state index in [9.17, 15) is 15.2 Å². The number of hydrogen-bond donors (Lipinski definition) is 1. The van der Waals surface area contributed by atoms with Crippen molar-refractivity contribution in [1.82, 2.24) is 9.78 Å². The molecule has 0 aromatic carbocycles. The molecule has 0 fully saturated rings. The minimum Gasteiger partial charge on any atom is -0.389 e. The number of rotatable bonds is 8. The highest BCUT2D eigenvalue weighted by molar-refractivity contribution is 6.32. The van der Waals surface area contributed by atoms with Gasteiger partial charge in [-0.05, 0) is 4.92 Å². The number of ether oxygens (including phenoxy) is 2. The first-order chi connectivity index (χ1) is 8.54. The number of nitrogens with zero attached hydrogens (tertiary/aromatic N) is 3. The van der Waals surface area contributed by atoms with Crippen molar-refractivity contribution in [3.8, 4) is 0 Å². The third kappa shape index (κ3) is 4.57. The van der Waals surface area contributed by atoms with Gasteiger partial charge >= 0.3 is 5.82 Å². The predicted octanol–water partition coefficient (Wildman–Crippen LogP) is 0.469. The topological polar surface area (TPSA) is 99.6 Å². The Morgan fingerprint density at radius 1 is 1.67 bits per heavy atom. The fourth-order valence-corrected chi connectivity index (χ4v) is 1.45. The van der Waals surface area contributed by atoms with Gasteiger partial charge in [-0.25, -0.2) is 0 Å². The molecule has 0 spiro atoms. The molecule has 8 nitrogen and oxygen atoms in total. The molecule has 9 heteroatoms. The predicted molar refractivity (Wildman–Crippen MR) is 62.6 cm³/mol. The normalized spacial score (nSPS) is 12.6. The molecule has 102 valence electrons. The monoisotopic (exact) mass is 279 g/mol. The maximum atomic E-state index is 10.5. The summed E-state index contributed by atoms with van der Waals surface area (Å²) in [5.74, 6) is -0.427. The summed E-state index contributed by atoms with van der Waals surface area (Å²) in [5, 5.41) is 23.7. The summed E-state index contributed by atoms with van der Waals surface area (Å²) in [4.78, 5) is 9.83. The van der Waals surface area contributed by atoms with Crippen LogP contribution in [0, 0.1) is 10.1 Å². The van der Waals surface area contributed by atoms with E-state index in [0.29, 0.717) is 13.2 Å². The third-order valence-corrected chi connectivity index (χ3v) is 2.28. The molecule has 1 atom stereocenters. The maximum Gasteiger partial charge on any atom is 0.408 e. The first kappa shape index (κ1) is 14.8. The van der Waals surface area contributed by atoms with E-state index < -0.39 is 16.8 Å². The van der Waals surface area contributed by atoms with Gasteiger partial charge in [0.2, 0.25) is 0 Å². The summed E-state index contributed by atoms with van der Waals surface area (Å²) in [5.41, 5.74) is 0. The standard InChI is InChI=1S/C9H14ClN3O5/c1-17-2-3-18-6-7(14)4-12-5-8(10)9(11-12)13(15)16/h5,7,14H,2-4,6H2,1H3. The first-order valence-electron chi connectivity index (χ1n) is 5.16. The average molecular weight is 280 g/mol. The summed E-state index contributed by atoms with van der Waals surface area (Å²) < 4.78 is 11.1. The number of nitro groups is 1. The molecule has 1 heterocycles. The van der Waals surface area contributed by atoms with Crippen molar-refractivity contribution >= 4 is 17.4 Å². The van der Waals surface area contributed by atoms with Crippen molar-refractivity contribution in [3.05, 3.63) is 21.3 Å². The fourth-order valence-electron chi connectivity index (χ4n) is 1.23. The number of halogens is 1. The molecular weight excluding hydrogens is 266 g/mol. The highest BCUT2D eigenvalue weighted by Gasteiger charge is 2.20. The summed E-state index contributed by atoms with van der Waals surface area (Å²) in [6, 6.07) is 0. The molecule has 1 aromatic heterocycles. The van der Waals surface area contributed by atoms with Gasteiger partial charge in [0.15, 0.2) is 5.02 Å². The summed E-state index contributed by atoms with van der Waals surface area (Å²) >= 11 is 5.61. The number of methoxy groups -OCH3 is 1. The van der Waals surface area contributed by atoms with Crippen molar-refractivity contribution in [1.29, 1.82) is 0 Å². The van der Waals surface area contributed by atoms with E-state index in [1.807, 2.05) is 0 Å². The Morgan fingerprint density at radius 2 is 2.39 bits per heavy atom. The minimum atomic E-state index is -0.822. The van der Waals surface area contributed by atoms with Gasteiger partial charge in [-0.2, -0.15) is 4.68 Å². The second kappa shape index (κ2) is 7.27.